The lowest BCUT2D eigenvalue weighted by Crippen LogP contribution is -2.51. The van der Waals surface area contributed by atoms with Gasteiger partial charge in [-0.25, -0.2) is 0 Å². The van der Waals surface area contributed by atoms with Gasteiger partial charge >= 0.3 is 0 Å². The summed E-state index contributed by atoms with van der Waals surface area (Å²) < 4.78 is 2.53. The Morgan fingerprint density at radius 1 is 0.596 bits per heavy atom. The van der Waals surface area contributed by atoms with E-state index in [0.717, 1.165) is 42.7 Å². The van der Waals surface area contributed by atoms with Crippen LogP contribution in [0, 0.1) is 23.2 Å². The minimum atomic E-state index is -0.164. The van der Waals surface area contributed by atoms with Gasteiger partial charge in [-0.15, -0.1) is 0 Å². The highest BCUT2D eigenvalue weighted by atomic mass is 16.2. The largest absolute Gasteiger partial charge is 0.328 e. The van der Waals surface area contributed by atoms with Gasteiger partial charge in [-0.1, -0.05) is 121 Å². The predicted octanol–water partition coefficient (Wildman–Crippen LogP) is 10.8. The fraction of sp³-hybridized carbons (Fsp3) is 0.250. The summed E-state index contributed by atoms with van der Waals surface area (Å²) in [4.78, 5) is 13.9. The lowest BCUT2D eigenvalue weighted by atomic mass is 9.49. The van der Waals surface area contributed by atoms with Crippen LogP contribution < -0.4 is 5.32 Å². The summed E-state index contributed by atoms with van der Waals surface area (Å²) in [6, 6.07) is 49.8. The first-order valence-electron chi connectivity index (χ1n) is 17.4. The van der Waals surface area contributed by atoms with Crippen LogP contribution in [0.5, 0.6) is 0 Å². The zero-order valence-electron chi connectivity index (χ0n) is 26.7. The van der Waals surface area contributed by atoms with Gasteiger partial charge in [0, 0.05) is 16.6 Å². The number of anilines is 1. The van der Waals surface area contributed by atoms with Crippen molar-refractivity contribution in [3.63, 3.8) is 0 Å². The van der Waals surface area contributed by atoms with E-state index in [-0.39, 0.29) is 17.4 Å². The van der Waals surface area contributed by atoms with Crippen molar-refractivity contribution >= 4 is 22.5 Å². The van der Waals surface area contributed by atoms with Gasteiger partial charge in [-0.05, 0) is 96.7 Å². The van der Waals surface area contributed by atoms with E-state index < -0.39 is 0 Å². The highest BCUT2D eigenvalue weighted by Gasteiger charge is 2.54. The van der Waals surface area contributed by atoms with Crippen LogP contribution in [-0.4, -0.2) is 10.5 Å². The molecule has 4 saturated carbocycles. The first-order valence-corrected chi connectivity index (χ1v) is 17.4. The molecule has 1 N–H and O–H groups in total. The predicted molar refractivity (Wildman–Crippen MR) is 192 cm³/mol. The second-order valence-electron chi connectivity index (χ2n) is 14.4. The SMILES string of the molecule is O=C(Nc1ccc([C@H](c2ccccc2)n2c(-c3ccccc3)c(-c3ccccc3)c3ccccc32)cc1)C12CC3CC(CC(C3)C1)C2. The first kappa shape index (κ1) is 28.3. The highest BCUT2D eigenvalue weighted by molar-refractivity contribution is 6.05. The van der Waals surface area contributed by atoms with E-state index >= 15 is 0 Å². The van der Waals surface area contributed by atoms with Crippen molar-refractivity contribution in [3.8, 4) is 22.4 Å². The van der Waals surface area contributed by atoms with E-state index in [1.165, 1.54) is 63.7 Å². The highest BCUT2D eigenvalue weighted by Crippen LogP contribution is 2.60. The van der Waals surface area contributed by atoms with Crippen molar-refractivity contribution in [3.05, 3.63) is 151 Å². The van der Waals surface area contributed by atoms with Gasteiger partial charge in [0.15, 0.2) is 0 Å². The smallest absolute Gasteiger partial charge is 0.230 e. The van der Waals surface area contributed by atoms with Crippen LogP contribution in [0.4, 0.5) is 5.69 Å². The molecule has 0 aliphatic heterocycles. The second-order valence-corrected chi connectivity index (χ2v) is 14.4. The summed E-state index contributed by atoms with van der Waals surface area (Å²) in [5.74, 6) is 2.49. The fourth-order valence-corrected chi connectivity index (χ4v) is 9.84. The zero-order valence-corrected chi connectivity index (χ0v) is 26.7. The number of amides is 1. The quantitative estimate of drug-likeness (QED) is 0.191. The number of carbonyl (C=O) groups is 1. The van der Waals surface area contributed by atoms with E-state index in [4.69, 9.17) is 0 Å². The molecule has 5 aromatic carbocycles. The number of aromatic nitrogens is 1. The van der Waals surface area contributed by atoms with Gasteiger partial charge in [0.2, 0.25) is 5.91 Å². The summed E-state index contributed by atoms with van der Waals surface area (Å²) in [6.45, 7) is 0. The number of para-hydroxylation sites is 1. The van der Waals surface area contributed by atoms with Crippen LogP contribution in [-0.2, 0) is 4.79 Å². The van der Waals surface area contributed by atoms with Crippen molar-refractivity contribution in [2.24, 2.45) is 23.2 Å². The molecule has 4 aliphatic carbocycles. The number of nitrogens with zero attached hydrogens (tertiary/aromatic N) is 1. The molecule has 47 heavy (non-hydrogen) atoms. The van der Waals surface area contributed by atoms with Crippen LogP contribution in [0.3, 0.4) is 0 Å². The summed E-state index contributed by atoms with van der Waals surface area (Å²) in [5, 5.41) is 4.63. The average molecular weight is 613 g/mol. The maximum atomic E-state index is 13.9. The molecule has 3 heteroatoms. The van der Waals surface area contributed by atoms with Gasteiger partial charge in [0.1, 0.15) is 0 Å². The van der Waals surface area contributed by atoms with E-state index in [2.05, 4.69) is 149 Å². The molecule has 10 rings (SSSR count). The molecule has 0 unspecified atom stereocenters. The lowest BCUT2D eigenvalue weighted by molar-refractivity contribution is -0.140. The standard InChI is InChI=1S/C44H40N2O/c47-43(44-27-30-24-31(28-44)26-32(25-30)29-44)45-37-22-20-36(21-23-37)41(34-14-6-2-7-15-34)46-39-19-11-10-18-38(39)40(33-12-4-1-5-13-33)42(46)35-16-8-3-9-17-35/h1-23,30-32,41H,24-29H2,(H,45,47)/t30?,31?,32?,41-,44?/m0/s1. The Morgan fingerprint density at radius 3 is 1.72 bits per heavy atom. The molecule has 0 radical (unpaired) electrons. The Hall–Kier alpha value is -4.89. The number of rotatable bonds is 7. The third-order valence-electron chi connectivity index (χ3n) is 11.4. The van der Waals surface area contributed by atoms with Crippen LogP contribution in [0.2, 0.25) is 0 Å². The fourth-order valence-electron chi connectivity index (χ4n) is 9.84. The molecule has 6 aromatic rings. The Morgan fingerprint density at radius 2 is 1.11 bits per heavy atom. The normalized spacial score (nSPS) is 23.5. The van der Waals surface area contributed by atoms with E-state index in [9.17, 15) is 4.79 Å². The Labute approximate surface area is 277 Å². The summed E-state index contributed by atoms with van der Waals surface area (Å²) in [5.41, 5.74) is 9.16. The Balaban J connectivity index is 1.16. The van der Waals surface area contributed by atoms with Crippen molar-refractivity contribution in [2.75, 3.05) is 5.32 Å². The van der Waals surface area contributed by atoms with Crippen LogP contribution in [0.15, 0.2) is 140 Å². The molecule has 1 atom stereocenters. The van der Waals surface area contributed by atoms with E-state index in [1.807, 2.05) is 0 Å². The first-order chi connectivity index (χ1) is 23.1. The van der Waals surface area contributed by atoms with Gasteiger partial charge in [-0.3, -0.25) is 4.79 Å². The number of benzene rings is 5. The Bertz CT molecular complexity index is 2010. The molecule has 0 spiro atoms. The topological polar surface area (TPSA) is 34.0 Å². The van der Waals surface area contributed by atoms with Gasteiger partial charge in [-0.2, -0.15) is 0 Å². The number of hydrogen-bond donors (Lipinski definition) is 1. The van der Waals surface area contributed by atoms with Crippen molar-refractivity contribution in [2.45, 2.75) is 44.6 Å². The zero-order chi connectivity index (χ0) is 31.4. The molecule has 4 fully saturated rings. The lowest BCUT2D eigenvalue weighted by Gasteiger charge is -2.55. The maximum Gasteiger partial charge on any atom is 0.230 e. The minimum absolute atomic E-state index is 0.0818. The van der Waals surface area contributed by atoms with Crippen molar-refractivity contribution in [1.29, 1.82) is 0 Å². The molecule has 4 bridgehead atoms. The van der Waals surface area contributed by atoms with Gasteiger partial charge in [0.05, 0.1) is 22.7 Å². The minimum Gasteiger partial charge on any atom is -0.328 e. The van der Waals surface area contributed by atoms with Crippen LogP contribution >= 0.6 is 0 Å². The van der Waals surface area contributed by atoms with Crippen LogP contribution in [0.25, 0.3) is 33.3 Å². The van der Waals surface area contributed by atoms with Gasteiger partial charge < -0.3 is 9.88 Å². The molecule has 232 valence electrons. The molecule has 1 heterocycles. The molecular weight excluding hydrogens is 572 g/mol. The Kier molecular flexibility index (Phi) is 6.88. The number of hydrogen-bond acceptors (Lipinski definition) is 1. The molecule has 3 nitrogen and oxygen atoms in total. The summed E-state index contributed by atoms with van der Waals surface area (Å²) in [7, 11) is 0. The molecule has 0 saturated heterocycles. The molecule has 1 amide bonds. The number of carbonyl (C=O) groups excluding carboxylic acids is 1. The van der Waals surface area contributed by atoms with Crippen LogP contribution in [0.1, 0.15) is 55.7 Å². The number of nitrogens with one attached hydrogen (secondary N) is 1. The molecule has 1 aromatic heterocycles. The third-order valence-corrected chi connectivity index (χ3v) is 11.4. The average Bonchev–Trinajstić information content (AvgIpc) is 3.45. The monoisotopic (exact) mass is 612 g/mol. The van der Waals surface area contributed by atoms with Crippen molar-refractivity contribution < 1.29 is 4.79 Å². The molecule has 4 aliphatic rings. The van der Waals surface area contributed by atoms with Crippen molar-refractivity contribution in [1.82, 2.24) is 4.57 Å². The van der Waals surface area contributed by atoms with E-state index in [0.29, 0.717) is 0 Å². The summed E-state index contributed by atoms with van der Waals surface area (Å²) in [6.07, 6.45) is 7.25. The van der Waals surface area contributed by atoms with E-state index in [1.54, 1.807) is 0 Å². The maximum absolute atomic E-state index is 13.9. The second kappa shape index (κ2) is 11.4. The third kappa shape index (κ3) is 4.91. The summed E-state index contributed by atoms with van der Waals surface area (Å²) >= 11 is 0. The number of fused-ring (bicyclic) bond motifs is 1. The molecular formula is C44H40N2O. The van der Waals surface area contributed by atoms with Gasteiger partial charge in [0.25, 0.3) is 0 Å².